The summed E-state index contributed by atoms with van der Waals surface area (Å²) >= 11 is 0. The lowest BCUT2D eigenvalue weighted by Crippen LogP contribution is -2.38. The van der Waals surface area contributed by atoms with Crippen LogP contribution in [0.4, 0.5) is 5.69 Å². The van der Waals surface area contributed by atoms with Crippen molar-refractivity contribution in [3.05, 3.63) is 30.3 Å². The van der Waals surface area contributed by atoms with Crippen molar-refractivity contribution in [1.29, 1.82) is 0 Å². The number of rotatable bonds is 4. The van der Waals surface area contributed by atoms with Gasteiger partial charge < -0.3 is 0 Å². The Balaban J connectivity index is 2.24. The lowest BCUT2D eigenvalue weighted by atomic mass is 10.2. The van der Waals surface area contributed by atoms with E-state index in [0.29, 0.717) is 12.1 Å². The first-order chi connectivity index (χ1) is 10.1. The highest BCUT2D eigenvalue weighted by atomic mass is 16.2. The highest BCUT2D eigenvalue weighted by Gasteiger charge is 2.40. The molecule has 2 amide bonds. The molecule has 21 heavy (non-hydrogen) atoms. The van der Waals surface area contributed by atoms with Crippen LogP contribution < -0.4 is 5.01 Å². The monoisotopic (exact) mass is 287 g/mol. The third-order valence-electron chi connectivity index (χ3n) is 3.67. The summed E-state index contributed by atoms with van der Waals surface area (Å²) in [5.74, 6) is -0.434. The van der Waals surface area contributed by atoms with E-state index >= 15 is 0 Å². The zero-order valence-corrected chi connectivity index (χ0v) is 12.7. The Morgan fingerprint density at radius 2 is 1.95 bits per heavy atom. The molecule has 1 fully saturated rings. The van der Waals surface area contributed by atoms with Gasteiger partial charge in [-0.1, -0.05) is 31.5 Å². The van der Waals surface area contributed by atoms with Gasteiger partial charge in [0.05, 0.1) is 11.7 Å². The average Bonchev–Trinajstić information content (AvgIpc) is 2.70. The van der Waals surface area contributed by atoms with Crippen LogP contribution in [0.2, 0.25) is 0 Å². The largest absolute Gasteiger partial charge is 0.289 e. The molecule has 1 aromatic carbocycles. The summed E-state index contributed by atoms with van der Waals surface area (Å²) in [6.45, 7) is 3.90. The molecule has 2 rings (SSSR count). The summed E-state index contributed by atoms with van der Waals surface area (Å²) < 4.78 is 0. The van der Waals surface area contributed by atoms with Gasteiger partial charge in [-0.2, -0.15) is 0 Å². The van der Waals surface area contributed by atoms with Crippen LogP contribution in [0, 0.1) is 0 Å². The number of hydrazine groups is 1. The number of amides is 2. The fourth-order valence-corrected chi connectivity index (χ4v) is 2.31. The number of anilines is 1. The minimum absolute atomic E-state index is 0.205. The van der Waals surface area contributed by atoms with Gasteiger partial charge in [0.2, 0.25) is 5.91 Å². The van der Waals surface area contributed by atoms with E-state index in [1.54, 1.807) is 5.01 Å². The number of hydrogen-bond acceptors (Lipinski definition) is 3. The second-order valence-corrected chi connectivity index (χ2v) is 5.20. The molecule has 1 aliphatic rings. The summed E-state index contributed by atoms with van der Waals surface area (Å²) in [6.07, 6.45) is 2.14. The molecule has 0 bridgehead atoms. The first-order valence-corrected chi connectivity index (χ1v) is 7.30. The standard InChI is InChI=1S/C16H21N3O2/c1-4-5-11-14(20)17-15-12(2)18(3)19(16(15)21)13-9-7-6-8-10-13/h6-10,12H,4-5,11H2,1-3H3. The Labute approximate surface area is 125 Å². The second kappa shape index (κ2) is 6.63. The van der Waals surface area contributed by atoms with Crippen LogP contribution >= 0.6 is 0 Å². The highest BCUT2D eigenvalue weighted by molar-refractivity contribution is 6.48. The van der Waals surface area contributed by atoms with Crippen molar-refractivity contribution in [2.45, 2.75) is 39.2 Å². The van der Waals surface area contributed by atoms with Gasteiger partial charge in [-0.3, -0.25) is 9.59 Å². The van der Waals surface area contributed by atoms with Crippen LogP contribution in [0.25, 0.3) is 0 Å². The lowest BCUT2D eigenvalue weighted by molar-refractivity contribution is -0.118. The quantitative estimate of drug-likeness (QED) is 0.854. The maximum Gasteiger partial charge on any atom is 0.289 e. The van der Waals surface area contributed by atoms with E-state index in [9.17, 15) is 9.59 Å². The number of para-hydroxylation sites is 1. The van der Waals surface area contributed by atoms with E-state index < -0.39 is 0 Å². The summed E-state index contributed by atoms with van der Waals surface area (Å²) in [6, 6.07) is 9.18. The highest BCUT2D eigenvalue weighted by Crippen LogP contribution is 2.24. The van der Waals surface area contributed by atoms with E-state index in [4.69, 9.17) is 0 Å². The van der Waals surface area contributed by atoms with E-state index in [0.717, 1.165) is 18.5 Å². The van der Waals surface area contributed by atoms with Crippen molar-refractivity contribution in [2.24, 2.45) is 4.99 Å². The molecule has 1 aliphatic heterocycles. The summed E-state index contributed by atoms with van der Waals surface area (Å²) in [7, 11) is 1.83. The van der Waals surface area contributed by atoms with Gasteiger partial charge in [-0.05, 0) is 25.5 Å². The number of carbonyl (C=O) groups excluding carboxylic acids is 2. The molecule has 0 N–H and O–H groups in total. The van der Waals surface area contributed by atoms with Gasteiger partial charge in [-0.15, -0.1) is 0 Å². The number of nitrogens with zero attached hydrogens (tertiary/aromatic N) is 3. The van der Waals surface area contributed by atoms with Crippen molar-refractivity contribution in [1.82, 2.24) is 5.01 Å². The molecular formula is C16H21N3O2. The molecule has 1 aromatic rings. The second-order valence-electron chi connectivity index (χ2n) is 5.20. The number of hydrogen-bond donors (Lipinski definition) is 0. The average molecular weight is 287 g/mol. The first kappa shape index (κ1) is 15.4. The Morgan fingerprint density at radius 1 is 1.29 bits per heavy atom. The van der Waals surface area contributed by atoms with Gasteiger partial charge in [0, 0.05) is 13.5 Å². The third-order valence-corrected chi connectivity index (χ3v) is 3.67. The zero-order valence-electron chi connectivity index (χ0n) is 12.7. The van der Waals surface area contributed by atoms with Crippen molar-refractivity contribution in [2.75, 3.05) is 12.1 Å². The zero-order chi connectivity index (χ0) is 15.4. The fourth-order valence-electron chi connectivity index (χ4n) is 2.31. The molecule has 0 saturated carbocycles. The van der Waals surface area contributed by atoms with Crippen molar-refractivity contribution in [3.63, 3.8) is 0 Å². The van der Waals surface area contributed by atoms with E-state index in [2.05, 4.69) is 4.99 Å². The molecule has 112 valence electrons. The molecule has 0 aromatic heterocycles. The fraction of sp³-hybridized carbons (Fsp3) is 0.438. The van der Waals surface area contributed by atoms with Gasteiger partial charge >= 0.3 is 0 Å². The Kier molecular flexibility index (Phi) is 4.85. The lowest BCUT2D eigenvalue weighted by Gasteiger charge is -2.25. The minimum atomic E-state index is -0.221. The molecule has 1 atom stereocenters. The van der Waals surface area contributed by atoms with Crippen LogP contribution in [-0.4, -0.2) is 35.6 Å². The summed E-state index contributed by atoms with van der Waals surface area (Å²) in [4.78, 5) is 28.4. The summed E-state index contributed by atoms with van der Waals surface area (Å²) in [5, 5.41) is 3.38. The Bertz CT molecular complexity index is 554. The van der Waals surface area contributed by atoms with Crippen LogP contribution in [0.3, 0.4) is 0 Å². The normalized spacial score (nSPS) is 21.3. The predicted octanol–water partition coefficient (Wildman–Crippen LogP) is 2.43. The third kappa shape index (κ3) is 3.19. The molecule has 1 saturated heterocycles. The number of unbranched alkanes of at least 4 members (excludes halogenated alkanes) is 1. The molecule has 0 spiro atoms. The molecule has 0 radical (unpaired) electrons. The van der Waals surface area contributed by atoms with Crippen LogP contribution in [0.5, 0.6) is 0 Å². The van der Waals surface area contributed by atoms with E-state index in [1.165, 1.54) is 0 Å². The minimum Gasteiger partial charge on any atom is -0.273 e. The van der Waals surface area contributed by atoms with Gasteiger partial charge in [0.25, 0.3) is 5.91 Å². The SMILES string of the molecule is CCCCC(=O)N=C1C(=O)N(c2ccccc2)N(C)C1C. The van der Waals surface area contributed by atoms with E-state index in [1.807, 2.05) is 56.2 Å². The number of benzene rings is 1. The molecule has 5 heteroatoms. The molecule has 0 aliphatic carbocycles. The number of carbonyl (C=O) groups is 2. The van der Waals surface area contributed by atoms with Crippen molar-refractivity contribution in [3.8, 4) is 0 Å². The predicted molar refractivity (Wildman–Crippen MR) is 83.1 cm³/mol. The van der Waals surface area contributed by atoms with Gasteiger partial charge in [-0.25, -0.2) is 15.0 Å². The Hall–Kier alpha value is -2.01. The maximum atomic E-state index is 12.5. The number of aliphatic imine (C=N–C) groups is 1. The molecule has 1 heterocycles. The first-order valence-electron chi connectivity index (χ1n) is 7.30. The van der Waals surface area contributed by atoms with Crippen molar-refractivity contribution >= 4 is 23.2 Å². The van der Waals surface area contributed by atoms with Crippen LogP contribution in [-0.2, 0) is 9.59 Å². The molecular weight excluding hydrogens is 266 g/mol. The van der Waals surface area contributed by atoms with Crippen LogP contribution in [0.1, 0.15) is 33.1 Å². The Morgan fingerprint density at radius 3 is 2.57 bits per heavy atom. The maximum absolute atomic E-state index is 12.5. The van der Waals surface area contributed by atoms with Crippen LogP contribution in [0.15, 0.2) is 35.3 Å². The molecule has 1 unspecified atom stereocenters. The topological polar surface area (TPSA) is 53.0 Å². The summed E-state index contributed by atoms with van der Waals surface area (Å²) in [5.41, 5.74) is 1.10. The van der Waals surface area contributed by atoms with Gasteiger partial charge in [0.1, 0.15) is 5.71 Å². The van der Waals surface area contributed by atoms with Gasteiger partial charge in [0.15, 0.2) is 0 Å². The van der Waals surface area contributed by atoms with Crippen molar-refractivity contribution < 1.29 is 9.59 Å². The molecule has 5 nitrogen and oxygen atoms in total. The van der Waals surface area contributed by atoms with E-state index in [-0.39, 0.29) is 17.9 Å². The smallest absolute Gasteiger partial charge is 0.273 e.